The molecule has 0 unspecified atom stereocenters. The highest BCUT2D eigenvalue weighted by Crippen LogP contribution is 2.22. The van der Waals surface area contributed by atoms with Crippen LogP contribution < -0.4 is 10.2 Å². The molecule has 0 amide bonds. The van der Waals surface area contributed by atoms with Crippen molar-refractivity contribution in [1.82, 2.24) is 0 Å². The van der Waals surface area contributed by atoms with E-state index < -0.39 is 30.5 Å². The second kappa shape index (κ2) is 4.07. The van der Waals surface area contributed by atoms with Crippen molar-refractivity contribution in [3.8, 4) is 5.75 Å². The minimum atomic E-state index is -4.95. The fraction of sp³-hybridized carbons (Fsp3) is 0.143. The molecule has 1 rings (SSSR count). The van der Waals surface area contributed by atoms with E-state index in [4.69, 9.17) is 10.0 Å². The van der Waals surface area contributed by atoms with Crippen molar-refractivity contribution in [2.75, 3.05) is 0 Å². The lowest BCUT2D eigenvalue weighted by Crippen LogP contribution is -2.30. The molecule has 82 valence electrons. The van der Waals surface area contributed by atoms with Gasteiger partial charge in [-0.05, 0) is 17.6 Å². The molecule has 0 atom stereocenters. The number of benzene rings is 1. The number of rotatable bonds is 2. The highest BCUT2D eigenvalue weighted by Gasteiger charge is 2.31. The Bertz CT molecular complexity index is 353. The van der Waals surface area contributed by atoms with Crippen LogP contribution in [-0.4, -0.2) is 23.5 Å². The highest BCUT2D eigenvalue weighted by molar-refractivity contribution is 6.58. The largest absolute Gasteiger partial charge is 0.573 e. The average molecular weight is 224 g/mol. The Morgan fingerprint density at radius 3 is 2.20 bits per heavy atom. The Kier molecular flexibility index (Phi) is 3.20. The summed E-state index contributed by atoms with van der Waals surface area (Å²) >= 11 is 0. The van der Waals surface area contributed by atoms with Crippen LogP contribution in [0.15, 0.2) is 18.2 Å². The molecule has 0 saturated heterocycles. The quantitative estimate of drug-likeness (QED) is 0.564. The van der Waals surface area contributed by atoms with Crippen LogP contribution in [0.1, 0.15) is 0 Å². The summed E-state index contributed by atoms with van der Waals surface area (Å²) in [5.74, 6) is -1.90. The molecule has 1 aromatic rings. The van der Waals surface area contributed by atoms with Gasteiger partial charge in [0.2, 0.25) is 0 Å². The normalized spacial score (nSPS) is 11.3. The highest BCUT2D eigenvalue weighted by atomic mass is 19.4. The molecule has 0 saturated carbocycles. The topological polar surface area (TPSA) is 49.7 Å². The molecular formula is C7H5BF4O3. The van der Waals surface area contributed by atoms with Gasteiger partial charge in [0.05, 0.1) is 0 Å². The van der Waals surface area contributed by atoms with Gasteiger partial charge < -0.3 is 14.8 Å². The van der Waals surface area contributed by atoms with Crippen LogP contribution >= 0.6 is 0 Å². The first-order valence-electron chi connectivity index (χ1n) is 3.70. The fourth-order valence-electron chi connectivity index (χ4n) is 0.926. The van der Waals surface area contributed by atoms with Gasteiger partial charge in [0.1, 0.15) is 11.6 Å². The zero-order valence-electron chi connectivity index (χ0n) is 7.12. The van der Waals surface area contributed by atoms with Crippen molar-refractivity contribution in [2.24, 2.45) is 0 Å². The number of hydrogen-bond acceptors (Lipinski definition) is 3. The summed E-state index contributed by atoms with van der Waals surface area (Å²) in [5.41, 5.74) is -0.422. The van der Waals surface area contributed by atoms with Crippen LogP contribution in [0.25, 0.3) is 0 Å². The van der Waals surface area contributed by atoms with Gasteiger partial charge in [0, 0.05) is 6.07 Å². The van der Waals surface area contributed by atoms with Gasteiger partial charge in [-0.25, -0.2) is 4.39 Å². The van der Waals surface area contributed by atoms with Crippen LogP contribution in [0.2, 0.25) is 0 Å². The molecule has 2 N–H and O–H groups in total. The Morgan fingerprint density at radius 1 is 1.13 bits per heavy atom. The van der Waals surface area contributed by atoms with E-state index in [1.54, 1.807) is 0 Å². The molecule has 15 heavy (non-hydrogen) atoms. The summed E-state index contributed by atoms with van der Waals surface area (Å²) < 4.78 is 51.3. The summed E-state index contributed by atoms with van der Waals surface area (Å²) in [6.07, 6.45) is -4.95. The summed E-state index contributed by atoms with van der Waals surface area (Å²) in [7, 11) is -2.06. The fourth-order valence-corrected chi connectivity index (χ4v) is 0.926. The first kappa shape index (κ1) is 11.8. The van der Waals surface area contributed by atoms with Gasteiger partial charge in [0.25, 0.3) is 0 Å². The van der Waals surface area contributed by atoms with Crippen molar-refractivity contribution in [2.45, 2.75) is 6.36 Å². The van der Waals surface area contributed by atoms with E-state index in [1.807, 2.05) is 0 Å². The van der Waals surface area contributed by atoms with Crippen molar-refractivity contribution in [3.05, 3.63) is 24.0 Å². The lowest BCUT2D eigenvalue weighted by atomic mass is 9.80. The molecule has 3 nitrogen and oxygen atoms in total. The van der Waals surface area contributed by atoms with Crippen molar-refractivity contribution in [3.63, 3.8) is 0 Å². The van der Waals surface area contributed by atoms with Crippen LogP contribution in [-0.2, 0) is 0 Å². The van der Waals surface area contributed by atoms with E-state index in [0.29, 0.717) is 18.2 Å². The molecular weight excluding hydrogens is 219 g/mol. The number of hydrogen-bond donors (Lipinski definition) is 2. The summed E-state index contributed by atoms with van der Waals surface area (Å²) in [5, 5.41) is 17.2. The van der Waals surface area contributed by atoms with Crippen LogP contribution in [0.3, 0.4) is 0 Å². The van der Waals surface area contributed by atoms with Crippen molar-refractivity contribution < 1.29 is 32.3 Å². The molecule has 0 radical (unpaired) electrons. The first-order valence-corrected chi connectivity index (χ1v) is 3.70. The van der Waals surface area contributed by atoms with Gasteiger partial charge in [-0.3, -0.25) is 0 Å². The van der Waals surface area contributed by atoms with Crippen LogP contribution in [0, 0.1) is 5.82 Å². The molecule has 0 aromatic heterocycles. The molecule has 0 spiro atoms. The Hall–Kier alpha value is -1.28. The van der Waals surface area contributed by atoms with Gasteiger partial charge in [-0.2, -0.15) is 0 Å². The van der Waals surface area contributed by atoms with E-state index in [1.165, 1.54) is 0 Å². The Balaban J connectivity index is 2.99. The Morgan fingerprint density at radius 2 is 1.73 bits per heavy atom. The van der Waals surface area contributed by atoms with Crippen molar-refractivity contribution >= 4 is 12.6 Å². The van der Waals surface area contributed by atoms with Gasteiger partial charge in [-0.1, -0.05) is 0 Å². The monoisotopic (exact) mass is 224 g/mol. The summed E-state index contributed by atoms with van der Waals surface area (Å²) in [4.78, 5) is 0. The lowest BCUT2D eigenvalue weighted by molar-refractivity contribution is -0.274. The van der Waals surface area contributed by atoms with Crippen molar-refractivity contribution in [1.29, 1.82) is 0 Å². The van der Waals surface area contributed by atoms with Gasteiger partial charge >= 0.3 is 13.5 Å². The van der Waals surface area contributed by atoms with Gasteiger partial charge in [-0.15, -0.1) is 13.2 Å². The molecule has 0 aliphatic heterocycles. The minimum Gasteiger partial charge on any atom is -0.423 e. The minimum absolute atomic E-state index is 0.422. The molecule has 0 aliphatic carbocycles. The zero-order chi connectivity index (χ0) is 11.6. The maximum absolute atomic E-state index is 12.7. The predicted molar refractivity (Wildman–Crippen MR) is 42.9 cm³/mol. The van der Waals surface area contributed by atoms with E-state index in [9.17, 15) is 17.6 Å². The van der Waals surface area contributed by atoms with E-state index in [-0.39, 0.29) is 0 Å². The smallest absolute Gasteiger partial charge is 0.423 e. The number of ether oxygens (including phenoxy) is 1. The maximum Gasteiger partial charge on any atom is 0.573 e. The van der Waals surface area contributed by atoms with E-state index >= 15 is 0 Å². The van der Waals surface area contributed by atoms with E-state index in [2.05, 4.69) is 4.74 Å². The first-order chi connectivity index (χ1) is 6.78. The maximum atomic E-state index is 12.7. The molecule has 1 aromatic carbocycles. The molecule has 0 heterocycles. The molecule has 8 heteroatoms. The molecule has 0 fully saturated rings. The molecule has 0 bridgehead atoms. The standard InChI is InChI=1S/C7H5BF4O3/c9-5-1-4(8(13)14)2-6(3-5)15-7(10,11)12/h1-3,13-14H. The lowest BCUT2D eigenvalue weighted by Gasteiger charge is -2.10. The van der Waals surface area contributed by atoms with Crippen LogP contribution in [0.5, 0.6) is 5.75 Å². The third kappa shape index (κ3) is 3.76. The zero-order valence-corrected chi connectivity index (χ0v) is 7.12. The number of halogens is 4. The second-order valence-electron chi connectivity index (χ2n) is 2.64. The third-order valence-electron chi connectivity index (χ3n) is 1.43. The SMILES string of the molecule is OB(O)c1cc(F)cc(OC(F)(F)F)c1. The third-order valence-corrected chi connectivity index (χ3v) is 1.43. The number of alkyl halides is 3. The van der Waals surface area contributed by atoms with Crippen LogP contribution in [0.4, 0.5) is 17.6 Å². The van der Waals surface area contributed by atoms with E-state index in [0.717, 1.165) is 0 Å². The Labute approximate surface area is 82.1 Å². The summed E-state index contributed by atoms with van der Waals surface area (Å²) in [6.45, 7) is 0. The summed E-state index contributed by atoms with van der Waals surface area (Å²) in [6, 6.07) is 1.86. The second-order valence-corrected chi connectivity index (χ2v) is 2.64. The average Bonchev–Trinajstić information content (AvgIpc) is 1.99. The van der Waals surface area contributed by atoms with Gasteiger partial charge in [0.15, 0.2) is 0 Å². The predicted octanol–water partition coefficient (Wildman–Crippen LogP) is 0.404. The molecule has 0 aliphatic rings.